The Balaban J connectivity index is 1.49. The number of hydrogen-bond acceptors (Lipinski definition) is 4. The highest BCUT2D eigenvalue weighted by atomic mass is 16.5. The molecule has 0 bridgehead atoms. The summed E-state index contributed by atoms with van der Waals surface area (Å²) in [6.45, 7) is 5.95. The van der Waals surface area contributed by atoms with E-state index in [-0.39, 0.29) is 11.9 Å². The summed E-state index contributed by atoms with van der Waals surface area (Å²) >= 11 is 0. The Kier molecular flexibility index (Phi) is 3.10. The van der Waals surface area contributed by atoms with E-state index in [1.54, 1.807) is 0 Å². The third-order valence-electron chi connectivity index (χ3n) is 5.11. The predicted molar refractivity (Wildman–Crippen MR) is 69.3 cm³/mol. The molecule has 4 nitrogen and oxygen atoms in total. The lowest BCUT2D eigenvalue weighted by Gasteiger charge is -2.48. The van der Waals surface area contributed by atoms with Crippen LogP contribution in [-0.4, -0.2) is 60.6 Å². The Morgan fingerprint density at radius 3 is 2.67 bits per heavy atom. The Hall–Kier alpha value is -0.610. The van der Waals surface area contributed by atoms with Crippen molar-refractivity contribution in [2.75, 3.05) is 33.3 Å². The van der Waals surface area contributed by atoms with Gasteiger partial charge in [-0.05, 0) is 39.7 Å². The van der Waals surface area contributed by atoms with Gasteiger partial charge in [-0.1, -0.05) is 0 Å². The van der Waals surface area contributed by atoms with E-state index in [4.69, 9.17) is 4.74 Å². The summed E-state index contributed by atoms with van der Waals surface area (Å²) in [7, 11) is 2.26. The van der Waals surface area contributed by atoms with Crippen LogP contribution in [0.15, 0.2) is 0 Å². The van der Waals surface area contributed by atoms with Gasteiger partial charge in [0, 0.05) is 31.2 Å². The Morgan fingerprint density at radius 1 is 1.33 bits per heavy atom. The van der Waals surface area contributed by atoms with Crippen LogP contribution in [0.1, 0.15) is 32.6 Å². The normalized spacial score (nSPS) is 35.2. The van der Waals surface area contributed by atoms with Crippen molar-refractivity contribution >= 4 is 5.97 Å². The van der Waals surface area contributed by atoms with Crippen molar-refractivity contribution in [3.63, 3.8) is 0 Å². The van der Waals surface area contributed by atoms with Crippen molar-refractivity contribution < 1.29 is 9.53 Å². The molecule has 1 aliphatic heterocycles. The quantitative estimate of drug-likeness (QED) is 0.704. The van der Waals surface area contributed by atoms with Gasteiger partial charge in [0.25, 0.3) is 0 Å². The highest BCUT2D eigenvalue weighted by Gasteiger charge is 2.52. The van der Waals surface area contributed by atoms with Crippen LogP contribution in [-0.2, 0) is 9.53 Å². The van der Waals surface area contributed by atoms with Crippen molar-refractivity contribution in [3.05, 3.63) is 0 Å². The zero-order chi connectivity index (χ0) is 12.8. The number of hydrogen-bond donors (Lipinski definition) is 0. The lowest BCUT2D eigenvalue weighted by atomic mass is 9.78. The van der Waals surface area contributed by atoms with Crippen molar-refractivity contribution in [1.82, 2.24) is 9.80 Å². The van der Waals surface area contributed by atoms with Crippen LogP contribution in [0.3, 0.4) is 0 Å². The lowest BCUT2D eigenvalue weighted by molar-refractivity contribution is -0.154. The van der Waals surface area contributed by atoms with E-state index in [1.807, 2.05) is 6.92 Å². The second-order valence-electron chi connectivity index (χ2n) is 6.19. The fourth-order valence-corrected chi connectivity index (χ4v) is 3.43. The van der Waals surface area contributed by atoms with Crippen LogP contribution in [0.2, 0.25) is 0 Å². The van der Waals surface area contributed by atoms with Gasteiger partial charge < -0.3 is 4.74 Å². The second kappa shape index (κ2) is 4.49. The second-order valence-corrected chi connectivity index (χ2v) is 6.19. The summed E-state index contributed by atoms with van der Waals surface area (Å²) < 4.78 is 5.09. The topological polar surface area (TPSA) is 32.8 Å². The van der Waals surface area contributed by atoms with Crippen LogP contribution >= 0.6 is 0 Å². The molecule has 1 heterocycles. The molecule has 0 amide bonds. The van der Waals surface area contributed by atoms with Crippen molar-refractivity contribution in [1.29, 1.82) is 0 Å². The third-order valence-corrected chi connectivity index (χ3v) is 5.11. The number of nitrogens with zero attached hydrogens (tertiary/aromatic N) is 2. The Labute approximate surface area is 109 Å². The molecule has 2 saturated carbocycles. The van der Waals surface area contributed by atoms with E-state index in [2.05, 4.69) is 16.8 Å². The van der Waals surface area contributed by atoms with E-state index >= 15 is 0 Å². The van der Waals surface area contributed by atoms with Gasteiger partial charge >= 0.3 is 5.97 Å². The van der Waals surface area contributed by atoms with E-state index < -0.39 is 0 Å². The molecule has 0 N–H and O–H groups in total. The van der Waals surface area contributed by atoms with Gasteiger partial charge in [0.1, 0.15) is 0 Å². The van der Waals surface area contributed by atoms with Gasteiger partial charge in [0.2, 0.25) is 0 Å². The first-order valence-corrected chi connectivity index (χ1v) is 7.26. The van der Waals surface area contributed by atoms with Gasteiger partial charge in [-0.2, -0.15) is 0 Å². The molecule has 0 atom stereocenters. The molecule has 18 heavy (non-hydrogen) atoms. The summed E-state index contributed by atoms with van der Waals surface area (Å²) in [4.78, 5) is 16.7. The maximum Gasteiger partial charge on any atom is 0.309 e. The first kappa shape index (κ1) is 12.4. The largest absolute Gasteiger partial charge is 0.466 e. The molecule has 2 aliphatic carbocycles. The minimum atomic E-state index is 0.0176. The summed E-state index contributed by atoms with van der Waals surface area (Å²) in [5.41, 5.74) is 0.493. The SMILES string of the molecule is CCOC(=O)C1CC(N2CCN(C)C3(CC3)C2)C1. The summed E-state index contributed by atoms with van der Waals surface area (Å²) in [5.74, 6) is 0.189. The molecule has 3 rings (SSSR count). The van der Waals surface area contributed by atoms with Crippen LogP contribution in [0, 0.1) is 5.92 Å². The predicted octanol–water partition coefficient (Wildman–Crippen LogP) is 1.11. The molecular formula is C14H24N2O2. The molecule has 102 valence electrons. The Bertz CT molecular complexity index is 335. The molecule has 1 saturated heterocycles. The molecule has 0 aromatic heterocycles. The number of ether oxygens (including phenoxy) is 1. The van der Waals surface area contributed by atoms with E-state index in [0.29, 0.717) is 18.2 Å². The zero-order valence-electron chi connectivity index (χ0n) is 11.5. The van der Waals surface area contributed by atoms with Gasteiger partial charge in [-0.25, -0.2) is 0 Å². The minimum Gasteiger partial charge on any atom is -0.466 e. The molecule has 0 radical (unpaired) electrons. The number of likely N-dealkylation sites (N-methyl/N-ethyl adjacent to an activating group) is 1. The van der Waals surface area contributed by atoms with E-state index in [9.17, 15) is 4.79 Å². The highest BCUT2D eigenvalue weighted by molar-refractivity contribution is 5.73. The third kappa shape index (κ3) is 2.05. The maximum absolute atomic E-state index is 11.6. The number of carbonyl (C=O) groups excluding carboxylic acids is 1. The van der Waals surface area contributed by atoms with Gasteiger partial charge in [0.05, 0.1) is 12.5 Å². The van der Waals surface area contributed by atoms with E-state index in [1.165, 1.54) is 32.5 Å². The molecule has 0 aromatic carbocycles. The summed E-state index contributed by atoms with van der Waals surface area (Å²) in [6, 6.07) is 0.630. The molecule has 3 aliphatic rings. The molecular weight excluding hydrogens is 228 g/mol. The van der Waals surface area contributed by atoms with Crippen LogP contribution in [0.5, 0.6) is 0 Å². The average Bonchev–Trinajstić information content (AvgIpc) is 3.03. The van der Waals surface area contributed by atoms with Gasteiger partial charge in [-0.3, -0.25) is 14.6 Å². The van der Waals surface area contributed by atoms with Gasteiger partial charge in [-0.15, -0.1) is 0 Å². The average molecular weight is 252 g/mol. The van der Waals surface area contributed by atoms with Crippen molar-refractivity contribution in [3.8, 4) is 0 Å². The number of rotatable bonds is 3. The Morgan fingerprint density at radius 2 is 2.06 bits per heavy atom. The maximum atomic E-state index is 11.6. The summed E-state index contributed by atoms with van der Waals surface area (Å²) in [6.07, 6.45) is 4.74. The molecule has 1 spiro atoms. The van der Waals surface area contributed by atoms with E-state index in [0.717, 1.165) is 12.8 Å². The van der Waals surface area contributed by atoms with Gasteiger partial charge in [0.15, 0.2) is 0 Å². The minimum absolute atomic E-state index is 0.0176. The fourth-order valence-electron chi connectivity index (χ4n) is 3.43. The number of esters is 1. The molecule has 0 unspecified atom stereocenters. The first-order valence-electron chi connectivity index (χ1n) is 7.26. The van der Waals surface area contributed by atoms with Crippen LogP contribution in [0.25, 0.3) is 0 Å². The van der Waals surface area contributed by atoms with Crippen molar-refractivity contribution in [2.45, 2.75) is 44.2 Å². The number of piperazine rings is 1. The smallest absolute Gasteiger partial charge is 0.309 e. The monoisotopic (exact) mass is 252 g/mol. The first-order chi connectivity index (χ1) is 8.64. The summed E-state index contributed by atoms with van der Waals surface area (Å²) in [5, 5.41) is 0. The molecule has 4 heteroatoms. The van der Waals surface area contributed by atoms with Crippen LogP contribution < -0.4 is 0 Å². The van der Waals surface area contributed by atoms with Crippen LogP contribution in [0.4, 0.5) is 0 Å². The number of carbonyl (C=O) groups is 1. The fraction of sp³-hybridized carbons (Fsp3) is 0.929. The highest BCUT2D eigenvalue weighted by Crippen LogP contribution is 2.45. The lowest BCUT2D eigenvalue weighted by Crippen LogP contribution is -2.59. The van der Waals surface area contributed by atoms with Crippen molar-refractivity contribution in [2.24, 2.45) is 5.92 Å². The zero-order valence-corrected chi connectivity index (χ0v) is 11.5. The molecule has 0 aromatic rings. The molecule has 3 fully saturated rings. The standard InChI is InChI=1S/C14H24N2O2/c1-3-18-13(17)11-8-12(9-11)16-7-6-15(2)14(10-16)4-5-14/h11-12H,3-10H2,1-2H3.